The second-order valence-corrected chi connectivity index (χ2v) is 8.25. The fourth-order valence-electron chi connectivity index (χ4n) is 3.98. The molecule has 31 heavy (non-hydrogen) atoms. The fourth-order valence-corrected chi connectivity index (χ4v) is 4.20. The van der Waals surface area contributed by atoms with E-state index in [9.17, 15) is 14.4 Å². The van der Waals surface area contributed by atoms with Crippen LogP contribution in [0, 0.1) is 6.92 Å². The van der Waals surface area contributed by atoms with E-state index in [0.717, 1.165) is 37.7 Å². The van der Waals surface area contributed by atoms with E-state index in [1.54, 1.807) is 36.4 Å². The van der Waals surface area contributed by atoms with Crippen LogP contribution in [-0.2, 0) is 9.59 Å². The third kappa shape index (κ3) is 4.49. The highest BCUT2D eigenvalue weighted by atomic mass is 35.5. The largest absolute Gasteiger partial charge is 0.423 e. The van der Waals surface area contributed by atoms with Gasteiger partial charge in [0, 0.05) is 11.7 Å². The van der Waals surface area contributed by atoms with Crippen molar-refractivity contribution in [1.82, 2.24) is 4.90 Å². The third-order valence-corrected chi connectivity index (χ3v) is 5.94. The predicted octanol–water partition coefficient (Wildman–Crippen LogP) is 4.78. The lowest BCUT2D eigenvalue weighted by Crippen LogP contribution is -2.42. The quantitative estimate of drug-likeness (QED) is 0.413. The van der Waals surface area contributed by atoms with E-state index in [1.165, 1.54) is 4.90 Å². The summed E-state index contributed by atoms with van der Waals surface area (Å²) in [6.07, 6.45) is 4.75. The van der Waals surface area contributed by atoms with Gasteiger partial charge in [0.15, 0.2) is 0 Å². The Morgan fingerprint density at radius 3 is 2.42 bits per heavy atom. The minimum absolute atomic E-state index is 0.0762. The number of carbonyl (C=O) groups excluding carboxylic acids is 3. The zero-order chi connectivity index (χ0) is 22.0. The first kappa shape index (κ1) is 21.1. The molecule has 0 unspecified atom stereocenters. The Bertz CT molecular complexity index is 1060. The number of halogens is 1. The summed E-state index contributed by atoms with van der Waals surface area (Å²) in [5, 5.41) is 2.85. The highest BCUT2D eigenvalue weighted by Crippen LogP contribution is 2.32. The number of hydrogen-bond donors (Lipinski definition) is 1. The monoisotopic (exact) mass is 438 g/mol. The van der Waals surface area contributed by atoms with E-state index in [0.29, 0.717) is 17.0 Å². The maximum Gasteiger partial charge on any atom is 0.343 e. The molecule has 2 aliphatic rings. The van der Waals surface area contributed by atoms with Crippen LogP contribution in [0.2, 0.25) is 0 Å². The lowest BCUT2D eigenvalue weighted by atomic mass is 9.94. The minimum atomic E-state index is -0.481. The van der Waals surface area contributed by atoms with Crippen molar-refractivity contribution in [3.8, 4) is 5.75 Å². The van der Waals surface area contributed by atoms with Crippen LogP contribution in [0.25, 0.3) is 0 Å². The smallest absolute Gasteiger partial charge is 0.343 e. The van der Waals surface area contributed by atoms with Crippen LogP contribution in [0.4, 0.5) is 5.69 Å². The number of rotatable bonds is 5. The maximum atomic E-state index is 12.9. The molecule has 1 aliphatic carbocycles. The SMILES string of the molecule is Cc1cccc(OC(=O)c2ccc(NC3=C(Cl)C(=O)N(C4CCCCC4)C3=O)cc2)c1. The summed E-state index contributed by atoms with van der Waals surface area (Å²) in [5.41, 5.74) is 1.98. The molecule has 2 amide bonds. The van der Waals surface area contributed by atoms with Gasteiger partial charge in [0.05, 0.1) is 5.56 Å². The van der Waals surface area contributed by atoms with E-state index < -0.39 is 17.8 Å². The molecule has 0 aromatic heterocycles. The average molecular weight is 439 g/mol. The Hall–Kier alpha value is -3.12. The molecule has 0 saturated heterocycles. The molecule has 7 heteroatoms. The normalized spacial score (nSPS) is 17.3. The summed E-state index contributed by atoms with van der Waals surface area (Å²) in [6, 6.07) is 13.6. The molecular formula is C24H23ClN2O4. The molecule has 1 fully saturated rings. The number of ether oxygens (including phenoxy) is 1. The summed E-state index contributed by atoms with van der Waals surface area (Å²) in [7, 11) is 0. The molecule has 2 aromatic carbocycles. The van der Waals surface area contributed by atoms with E-state index in [2.05, 4.69) is 5.32 Å². The number of esters is 1. The van der Waals surface area contributed by atoms with E-state index in [4.69, 9.17) is 16.3 Å². The molecule has 1 aliphatic heterocycles. The molecule has 0 atom stereocenters. The van der Waals surface area contributed by atoms with E-state index >= 15 is 0 Å². The summed E-state index contributed by atoms with van der Waals surface area (Å²) in [4.78, 5) is 39.1. The van der Waals surface area contributed by atoms with Crippen molar-refractivity contribution in [3.63, 3.8) is 0 Å². The Kier molecular flexibility index (Phi) is 6.09. The van der Waals surface area contributed by atoms with Crippen molar-refractivity contribution in [1.29, 1.82) is 0 Å². The van der Waals surface area contributed by atoms with Crippen molar-refractivity contribution >= 4 is 35.1 Å². The van der Waals surface area contributed by atoms with Gasteiger partial charge in [-0.1, -0.05) is 43.0 Å². The highest BCUT2D eigenvalue weighted by molar-refractivity contribution is 6.48. The van der Waals surface area contributed by atoms with Crippen LogP contribution in [0.1, 0.15) is 48.0 Å². The number of nitrogens with zero attached hydrogens (tertiary/aromatic N) is 1. The average Bonchev–Trinajstić information content (AvgIpc) is 2.98. The second-order valence-electron chi connectivity index (χ2n) is 7.87. The van der Waals surface area contributed by atoms with Crippen LogP contribution in [0.3, 0.4) is 0 Å². The van der Waals surface area contributed by atoms with Gasteiger partial charge in [0.25, 0.3) is 11.8 Å². The third-order valence-electron chi connectivity index (χ3n) is 5.59. The van der Waals surface area contributed by atoms with Crippen LogP contribution >= 0.6 is 11.6 Å². The van der Waals surface area contributed by atoms with Crippen molar-refractivity contribution in [2.24, 2.45) is 0 Å². The molecule has 1 saturated carbocycles. The number of anilines is 1. The van der Waals surface area contributed by atoms with Gasteiger partial charge in [-0.25, -0.2) is 4.79 Å². The van der Waals surface area contributed by atoms with E-state index in [-0.39, 0.29) is 16.8 Å². The Morgan fingerprint density at radius 2 is 1.74 bits per heavy atom. The van der Waals surface area contributed by atoms with Crippen molar-refractivity contribution < 1.29 is 19.1 Å². The van der Waals surface area contributed by atoms with Gasteiger partial charge in [0.1, 0.15) is 16.5 Å². The zero-order valence-electron chi connectivity index (χ0n) is 17.2. The number of imide groups is 1. The first-order chi connectivity index (χ1) is 14.9. The first-order valence-corrected chi connectivity index (χ1v) is 10.8. The van der Waals surface area contributed by atoms with Gasteiger partial charge < -0.3 is 10.1 Å². The lowest BCUT2D eigenvalue weighted by Gasteiger charge is -2.29. The fraction of sp³-hybridized carbons (Fsp3) is 0.292. The van der Waals surface area contributed by atoms with Gasteiger partial charge in [-0.15, -0.1) is 0 Å². The number of aryl methyl sites for hydroxylation is 1. The minimum Gasteiger partial charge on any atom is -0.423 e. The molecular weight excluding hydrogens is 416 g/mol. The molecule has 0 bridgehead atoms. The summed E-state index contributed by atoms with van der Waals surface area (Å²) in [5.74, 6) is -0.851. The highest BCUT2D eigenvalue weighted by Gasteiger charge is 2.42. The molecule has 0 radical (unpaired) electrons. The maximum absolute atomic E-state index is 12.9. The topological polar surface area (TPSA) is 75.7 Å². The van der Waals surface area contributed by atoms with Crippen LogP contribution in [0.15, 0.2) is 59.3 Å². The van der Waals surface area contributed by atoms with Crippen molar-refractivity contribution in [3.05, 3.63) is 70.4 Å². The summed E-state index contributed by atoms with van der Waals surface area (Å²) < 4.78 is 5.39. The first-order valence-electron chi connectivity index (χ1n) is 10.4. The lowest BCUT2D eigenvalue weighted by molar-refractivity contribution is -0.140. The summed E-state index contributed by atoms with van der Waals surface area (Å²) in [6.45, 7) is 1.92. The molecule has 4 rings (SSSR count). The van der Waals surface area contributed by atoms with Gasteiger partial charge in [-0.05, 0) is 61.7 Å². The molecule has 1 N–H and O–H groups in total. The van der Waals surface area contributed by atoms with Crippen molar-refractivity contribution in [2.45, 2.75) is 45.1 Å². The molecule has 6 nitrogen and oxygen atoms in total. The number of carbonyl (C=O) groups is 3. The molecule has 1 heterocycles. The zero-order valence-corrected chi connectivity index (χ0v) is 17.9. The summed E-state index contributed by atoms with van der Waals surface area (Å²) >= 11 is 6.20. The Morgan fingerprint density at radius 1 is 1.03 bits per heavy atom. The van der Waals surface area contributed by atoms with Gasteiger partial charge in [-0.2, -0.15) is 0 Å². The number of benzene rings is 2. The van der Waals surface area contributed by atoms with Crippen molar-refractivity contribution in [2.75, 3.05) is 5.32 Å². The standard InChI is InChI=1S/C24H23ClN2O4/c1-15-6-5-9-19(14-15)31-24(30)16-10-12-17(13-11-16)26-21-20(25)22(28)27(23(21)29)18-7-3-2-4-8-18/h5-6,9-14,18,26H,2-4,7-8H2,1H3. The van der Waals surface area contributed by atoms with Gasteiger partial charge in [-0.3, -0.25) is 14.5 Å². The molecule has 0 spiro atoms. The Labute approximate surface area is 185 Å². The number of amides is 2. The second kappa shape index (κ2) is 8.94. The van der Waals surface area contributed by atoms with Crippen LogP contribution < -0.4 is 10.1 Å². The van der Waals surface area contributed by atoms with Crippen LogP contribution in [0.5, 0.6) is 5.75 Å². The molecule has 2 aromatic rings. The van der Waals surface area contributed by atoms with Gasteiger partial charge in [0.2, 0.25) is 0 Å². The predicted molar refractivity (Wildman–Crippen MR) is 118 cm³/mol. The van der Waals surface area contributed by atoms with E-state index in [1.807, 2.05) is 19.1 Å². The van der Waals surface area contributed by atoms with Gasteiger partial charge >= 0.3 is 5.97 Å². The Balaban J connectivity index is 1.44. The number of nitrogens with one attached hydrogen (secondary N) is 1. The number of hydrogen-bond acceptors (Lipinski definition) is 5. The molecule has 160 valence electrons. The van der Waals surface area contributed by atoms with Crippen LogP contribution in [-0.4, -0.2) is 28.7 Å².